The van der Waals surface area contributed by atoms with E-state index in [2.05, 4.69) is 4.99 Å². The number of hydrogen-bond donors (Lipinski definition) is 0. The molecule has 2 aromatic heterocycles. The van der Waals surface area contributed by atoms with Gasteiger partial charge in [0.1, 0.15) is 17.3 Å². The van der Waals surface area contributed by atoms with Gasteiger partial charge in [0, 0.05) is 17.2 Å². The van der Waals surface area contributed by atoms with Crippen LogP contribution in [0.2, 0.25) is 0 Å². The zero-order chi connectivity index (χ0) is 27.7. The molecule has 9 heteroatoms. The highest BCUT2D eigenvalue weighted by Crippen LogP contribution is 2.31. The third-order valence-corrected chi connectivity index (χ3v) is 7.41. The first-order chi connectivity index (χ1) is 18.8. The van der Waals surface area contributed by atoms with Gasteiger partial charge in [-0.2, -0.15) is 0 Å². The van der Waals surface area contributed by atoms with Crippen molar-refractivity contribution in [3.8, 4) is 17.1 Å². The van der Waals surface area contributed by atoms with E-state index in [1.165, 1.54) is 22.8 Å². The van der Waals surface area contributed by atoms with Gasteiger partial charge in [0.05, 0.1) is 35.6 Å². The van der Waals surface area contributed by atoms with E-state index in [4.69, 9.17) is 13.9 Å². The van der Waals surface area contributed by atoms with Crippen LogP contribution in [-0.4, -0.2) is 30.0 Å². The van der Waals surface area contributed by atoms with E-state index >= 15 is 0 Å². The number of methoxy groups -OCH3 is 1. The molecule has 3 heterocycles. The standard InChI is InChI=1S/C30H26N2O6S/c1-5-37-29(35)26-17(2)31-30-32(27(26)21-10-12-22(36-4)13-11-21)28(34)25(39-30)16-23-14-15-24(38-23)20-8-6-19(7-9-20)18(3)33/h6-16,27H,5H2,1-4H3/b25-16-/t27-/m0/s1. The van der Waals surface area contributed by atoms with Gasteiger partial charge in [-0.1, -0.05) is 47.7 Å². The molecule has 0 saturated carbocycles. The number of allylic oxidation sites excluding steroid dienone is 1. The molecule has 2 aromatic carbocycles. The highest BCUT2D eigenvalue weighted by molar-refractivity contribution is 7.07. The fraction of sp³-hybridized carbons (Fsp3) is 0.200. The number of thiazole rings is 1. The predicted octanol–water partition coefficient (Wildman–Crippen LogP) is 4.27. The minimum Gasteiger partial charge on any atom is -0.497 e. The van der Waals surface area contributed by atoms with Gasteiger partial charge < -0.3 is 13.9 Å². The lowest BCUT2D eigenvalue weighted by molar-refractivity contribution is -0.139. The van der Waals surface area contributed by atoms with Crippen LogP contribution in [0.5, 0.6) is 5.75 Å². The van der Waals surface area contributed by atoms with Crippen molar-refractivity contribution in [2.45, 2.75) is 26.8 Å². The van der Waals surface area contributed by atoms with Crippen molar-refractivity contribution in [3.63, 3.8) is 0 Å². The van der Waals surface area contributed by atoms with Crippen LogP contribution in [0, 0.1) is 0 Å². The number of aromatic nitrogens is 1. The lowest BCUT2D eigenvalue weighted by Gasteiger charge is -2.24. The average molecular weight is 543 g/mol. The molecule has 0 radical (unpaired) electrons. The van der Waals surface area contributed by atoms with Crippen LogP contribution >= 0.6 is 11.3 Å². The molecule has 1 atom stereocenters. The van der Waals surface area contributed by atoms with Crippen LogP contribution in [0.15, 0.2) is 86.1 Å². The molecule has 8 nitrogen and oxygen atoms in total. The Morgan fingerprint density at radius 3 is 2.44 bits per heavy atom. The van der Waals surface area contributed by atoms with E-state index < -0.39 is 12.0 Å². The molecule has 0 spiro atoms. The Kier molecular flexibility index (Phi) is 7.17. The Bertz CT molecular complexity index is 1770. The number of carbonyl (C=O) groups excluding carboxylic acids is 2. The first-order valence-electron chi connectivity index (χ1n) is 12.4. The molecule has 4 aromatic rings. The van der Waals surface area contributed by atoms with Gasteiger partial charge >= 0.3 is 5.97 Å². The smallest absolute Gasteiger partial charge is 0.338 e. The molecule has 39 heavy (non-hydrogen) atoms. The Hall–Kier alpha value is -4.50. The van der Waals surface area contributed by atoms with Crippen molar-refractivity contribution >= 4 is 29.2 Å². The summed E-state index contributed by atoms with van der Waals surface area (Å²) in [6, 6.07) is 17.3. The van der Waals surface area contributed by atoms with Gasteiger partial charge in [0.25, 0.3) is 5.56 Å². The monoisotopic (exact) mass is 542 g/mol. The number of Topliss-reactive ketones (excluding diaryl/α,β-unsaturated/α-hetero) is 1. The zero-order valence-electron chi connectivity index (χ0n) is 21.9. The van der Waals surface area contributed by atoms with Gasteiger partial charge in [-0.05, 0) is 50.6 Å². The molecule has 0 saturated heterocycles. The summed E-state index contributed by atoms with van der Waals surface area (Å²) in [5.74, 6) is 1.25. The van der Waals surface area contributed by atoms with Crippen molar-refractivity contribution in [3.05, 3.63) is 109 Å². The quantitative estimate of drug-likeness (QED) is 0.255. The van der Waals surface area contributed by atoms with Crippen LogP contribution in [0.4, 0.5) is 0 Å². The highest BCUT2D eigenvalue weighted by Gasteiger charge is 2.33. The maximum absolute atomic E-state index is 13.7. The van der Waals surface area contributed by atoms with Crippen molar-refractivity contribution < 1.29 is 23.5 Å². The lowest BCUT2D eigenvalue weighted by Crippen LogP contribution is -2.39. The summed E-state index contributed by atoms with van der Waals surface area (Å²) in [7, 11) is 1.58. The number of ether oxygens (including phenoxy) is 2. The van der Waals surface area contributed by atoms with Crippen molar-refractivity contribution in [1.29, 1.82) is 0 Å². The van der Waals surface area contributed by atoms with E-state index in [1.54, 1.807) is 57.4 Å². The topological polar surface area (TPSA) is 100 Å². The molecular formula is C30H26N2O6S. The fourth-order valence-corrected chi connectivity index (χ4v) is 5.50. The minimum absolute atomic E-state index is 0.00801. The number of benzene rings is 2. The van der Waals surface area contributed by atoms with Crippen LogP contribution in [0.25, 0.3) is 17.4 Å². The summed E-state index contributed by atoms with van der Waals surface area (Å²) in [5.41, 5.74) is 2.69. The molecule has 0 unspecified atom stereocenters. The van der Waals surface area contributed by atoms with Gasteiger partial charge in [0.2, 0.25) is 0 Å². The molecule has 1 aliphatic heterocycles. The first kappa shape index (κ1) is 26.1. The number of esters is 1. The van der Waals surface area contributed by atoms with Crippen LogP contribution < -0.4 is 19.6 Å². The van der Waals surface area contributed by atoms with Gasteiger partial charge in [-0.3, -0.25) is 14.2 Å². The number of furan rings is 1. The zero-order valence-corrected chi connectivity index (χ0v) is 22.7. The summed E-state index contributed by atoms with van der Waals surface area (Å²) < 4.78 is 18.6. The van der Waals surface area contributed by atoms with Crippen molar-refractivity contribution in [1.82, 2.24) is 4.57 Å². The van der Waals surface area contributed by atoms with E-state index in [0.29, 0.717) is 43.4 Å². The van der Waals surface area contributed by atoms with E-state index in [0.717, 1.165) is 11.1 Å². The average Bonchev–Trinajstić information content (AvgIpc) is 3.52. The summed E-state index contributed by atoms with van der Waals surface area (Å²) in [6.07, 6.45) is 1.67. The summed E-state index contributed by atoms with van der Waals surface area (Å²) in [4.78, 5) is 43.4. The molecule has 1 aliphatic rings. The number of ketones is 1. The summed E-state index contributed by atoms with van der Waals surface area (Å²) >= 11 is 1.22. The maximum atomic E-state index is 13.7. The molecule has 0 bridgehead atoms. The number of rotatable bonds is 7. The first-order valence-corrected chi connectivity index (χ1v) is 13.2. The largest absolute Gasteiger partial charge is 0.497 e. The molecular weight excluding hydrogens is 516 g/mol. The maximum Gasteiger partial charge on any atom is 0.338 e. The van der Waals surface area contributed by atoms with Gasteiger partial charge in [0.15, 0.2) is 10.6 Å². The highest BCUT2D eigenvalue weighted by atomic mass is 32.1. The Morgan fingerprint density at radius 2 is 1.79 bits per heavy atom. The third kappa shape index (κ3) is 5.00. The summed E-state index contributed by atoms with van der Waals surface area (Å²) in [5, 5.41) is 0. The lowest BCUT2D eigenvalue weighted by atomic mass is 9.96. The molecule has 5 rings (SSSR count). The second-order valence-corrected chi connectivity index (χ2v) is 9.92. The van der Waals surface area contributed by atoms with Crippen molar-refractivity contribution in [2.24, 2.45) is 4.99 Å². The normalized spacial score (nSPS) is 15.1. The molecule has 0 N–H and O–H groups in total. The number of carbonyl (C=O) groups is 2. The molecule has 0 amide bonds. The number of hydrogen-bond acceptors (Lipinski definition) is 8. The third-order valence-electron chi connectivity index (χ3n) is 6.42. The van der Waals surface area contributed by atoms with E-state index in [1.807, 2.05) is 30.3 Å². The predicted molar refractivity (Wildman–Crippen MR) is 148 cm³/mol. The van der Waals surface area contributed by atoms with Crippen molar-refractivity contribution in [2.75, 3.05) is 13.7 Å². The van der Waals surface area contributed by atoms with Crippen LogP contribution in [0.3, 0.4) is 0 Å². The molecule has 198 valence electrons. The second kappa shape index (κ2) is 10.7. The Balaban J connectivity index is 1.59. The molecule has 0 fully saturated rings. The SMILES string of the molecule is CCOC(=O)C1=C(C)N=c2s/c(=C\c3ccc(-c4ccc(C(C)=O)cc4)o3)c(=O)n2[C@H]1c1ccc(OC)cc1. The Labute approximate surface area is 228 Å². The number of nitrogens with zero attached hydrogens (tertiary/aromatic N) is 2. The minimum atomic E-state index is -0.708. The van der Waals surface area contributed by atoms with Gasteiger partial charge in [-0.15, -0.1) is 0 Å². The van der Waals surface area contributed by atoms with E-state index in [9.17, 15) is 14.4 Å². The fourth-order valence-electron chi connectivity index (χ4n) is 4.48. The Morgan fingerprint density at radius 1 is 1.08 bits per heavy atom. The molecule has 0 aliphatic carbocycles. The van der Waals surface area contributed by atoms with Crippen LogP contribution in [-0.2, 0) is 9.53 Å². The summed E-state index contributed by atoms with van der Waals surface area (Å²) in [6.45, 7) is 5.21. The van der Waals surface area contributed by atoms with Gasteiger partial charge in [-0.25, -0.2) is 9.79 Å². The number of fused-ring (bicyclic) bond motifs is 1. The second-order valence-electron chi connectivity index (χ2n) is 8.91. The van der Waals surface area contributed by atoms with E-state index in [-0.39, 0.29) is 17.9 Å². The van der Waals surface area contributed by atoms with Crippen LogP contribution in [0.1, 0.15) is 48.5 Å².